The summed E-state index contributed by atoms with van der Waals surface area (Å²) in [7, 11) is 0. The van der Waals surface area contributed by atoms with Gasteiger partial charge in [-0.15, -0.1) is 0 Å². The number of halogens is 3. The van der Waals surface area contributed by atoms with Gasteiger partial charge < -0.3 is 15.2 Å². The van der Waals surface area contributed by atoms with Gasteiger partial charge in [0.25, 0.3) is 5.56 Å². The first-order chi connectivity index (χ1) is 16.6. The van der Waals surface area contributed by atoms with Crippen LogP contribution in [0.15, 0.2) is 59.4 Å². The number of carbonyl (C=O) groups excluding carboxylic acids is 2. The summed E-state index contributed by atoms with van der Waals surface area (Å²) in [4.78, 5) is 45.6. The van der Waals surface area contributed by atoms with Gasteiger partial charge in [0.15, 0.2) is 0 Å². The van der Waals surface area contributed by atoms with Gasteiger partial charge in [-0.2, -0.15) is 13.2 Å². The minimum absolute atomic E-state index is 0.00514. The van der Waals surface area contributed by atoms with Gasteiger partial charge >= 0.3 is 6.18 Å². The monoisotopic (exact) mass is 484 g/mol. The molecule has 1 unspecified atom stereocenters. The Morgan fingerprint density at radius 1 is 1.14 bits per heavy atom. The molecule has 2 heterocycles. The van der Waals surface area contributed by atoms with Crippen molar-refractivity contribution >= 4 is 17.5 Å². The fourth-order valence-corrected chi connectivity index (χ4v) is 3.98. The van der Waals surface area contributed by atoms with Gasteiger partial charge in [0.1, 0.15) is 5.82 Å². The van der Waals surface area contributed by atoms with E-state index in [0.29, 0.717) is 34.8 Å². The van der Waals surface area contributed by atoms with Gasteiger partial charge in [0.05, 0.1) is 11.5 Å². The van der Waals surface area contributed by atoms with Crippen LogP contribution in [-0.4, -0.2) is 33.2 Å². The van der Waals surface area contributed by atoms with Gasteiger partial charge in [-0.1, -0.05) is 31.2 Å². The third-order valence-electron chi connectivity index (χ3n) is 5.77. The van der Waals surface area contributed by atoms with Crippen LogP contribution in [0.25, 0.3) is 11.4 Å². The Morgan fingerprint density at radius 2 is 1.91 bits per heavy atom. The highest BCUT2D eigenvalue weighted by molar-refractivity contribution is 5.97. The number of amides is 2. The second-order valence-corrected chi connectivity index (χ2v) is 8.38. The van der Waals surface area contributed by atoms with E-state index in [2.05, 4.69) is 15.3 Å². The smallest absolute Gasteiger partial charge is 0.338 e. The fraction of sp³-hybridized carbons (Fsp3) is 0.280. The van der Waals surface area contributed by atoms with Crippen LogP contribution in [0.5, 0.6) is 0 Å². The molecule has 1 saturated heterocycles. The van der Waals surface area contributed by atoms with Crippen LogP contribution in [0.2, 0.25) is 0 Å². The van der Waals surface area contributed by atoms with E-state index in [0.717, 1.165) is 12.1 Å². The normalized spacial score (nSPS) is 15.9. The number of anilines is 1. The van der Waals surface area contributed by atoms with Crippen molar-refractivity contribution in [3.8, 4) is 11.4 Å². The summed E-state index contributed by atoms with van der Waals surface area (Å²) in [5, 5.41) is 2.78. The number of likely N-dealkylation sites (tertiary alicyclic amines) is 1. The number of alkyl halides is 3. The Kier molecular flexibility index (Phi) is 6.72. The summed E-state index contributed by atoms with van der Waals surface area (Å²) in [5.41, 5.74) is 1.02. The molecule has 7 nitrogen and oxygen atoms in total. The van der Waals surface area contributed by atoms with E-state index in [-0.39, 0.29) is 36.9 Å². The molecule has 1 aliphatic heterocycles. The van der Waals surface area contributed by atoms with Crippen molar-refractivity contribution in [2.75, 3.05) is 11.9 Å². The molecule has 2 N–H and O–H groups in total. The molecule has 2 amide bonds. The summed E-state index contributed by atoms with van der Waals surface area (Å²) in [6.07, 6.45) is -3.90. The van der Waals surface area contributed by atoms with Gasteiger partial charge in [-0.25, -0.2) is 4.98 Å². The number of aromatic amines is 1. The molecule has 10 heteroatoms. The third-order valence-corrected chi connectivity index (χ3v) is 5.77. The molecule has 0 aliphatic carbocycles. The standard InChI is InChI=1S/C25H23F3N4O3/c1-2-19-12-21(33)31-23(29-19)16-6-4-8-20(10-16)30-24(35)17-11-22(34)32(14-17)13-15-5-3-7-18(9-15)25(26,27)28/h3-10,12,17H,2,11,13-14H2,1H3,(H,30,35)(H,29,31,33). The Morgan fingerprint density at radius 3 is 2.66 bits per heavy atom. The van der Waals surface area contributed by atoms with Crippen molar-refractivity contribution in [2.45, 2.75) is 32.5 Å². The SMILES string of the molecule is CCc1cc(=O)[nH]c(-c2cccc(NC(=O)C3CC(=O)N(Cc4cccc(C(F)(F)F)c4)C3)c2)n1. The van der Waals surface area contributed by atoms with E-state index in [1.807, 2.05) is 6.92 Å². The van der Waals surface area contributed by atoms with Gasteiger partial charge in [-0.3, -0.25) is 14.4 Å². The highest BCUT2D eigenvalue weighted by atomic mass is 19.4. The number of rotatable bonds is 6. The zero-order valence-corrected chi connectivity index (χ0v) is 18.9. The molecule has 35 heavy (non-hydrogen) atoms. The molecule has 0 saturated carbocycles. The van der Waals surface area contributed by atoms with E-state index < -0.39 is 17.7 Å². The van der Waals surface area contributed by atoms with Gasteiger partial charge in [0.2, 0.25) is 11.8 Å². The van der Waals surface area contributed by atoms with E-state index >= 15 is 0 Å². The van der Waals surface area contributed by atoms with Crippen LogP contribution in [0.3, 0.4) is 0 Å². The van der Waals surface area contributed by atoms with Crippen molar-refractivity contribution in [1.82, 2.24) is 14.9 Å². The summed E-state index contributed by atoms with van der Waals surface area (Å²) in [6, 6.07) is 13.1. The maximum Gasteiger partial charge on any atom is 0.416 e. The minimum atomic E-state index is -4.47. The Bertz CT molecular complexity index is 1320. The number of hydrogen-bond donors (Lipinski definition) is 2. The van der Waals surface area contributed by atoms with Crippen LogP contribution in [0, 0.1) is 5.92 Å². The van der Waals surface area contributed by atoms with Gasteiger partial charge in [-0.05, 0) is 36.2 Å². The zero-order valence-electron chi connectivity index (χ0n) is 18.9. The van der Waals surface area contributed by atoms with Crippen molar-refractivity contribution in [2.24, 2.45) is 5.92 Å². The first kappa shape index (κ1) is 24.2. The Balaban J connectivity index is 1.43. The quantitative estimate of drug-likeness (QED) is 0.553. The van der Waals surface area contributed by atoms with Crippen molar-refractivity contribution in [1.29, 1.82) is 0 Å². The minimum Gasteiger partial charge on any atom is -0.338 e. The first-order valence-electron chi connectivity index (χ1n) is 11.1. The lowest BCUT2D eigenvalue weighted by Crippen LogP contribution is -2.28. The molecule has 1 fully saturated rings. The van der Waals surface area contributed by atoms with Crippen molar-refractivity contribution in [3.05, 3.63) is 81.8 Å². The number of H-pyrrole nitrogens is 1. The third kappa shape index (κ3) is 5.76. The average molecular weight is 484 g/mol. The lowest BCUT2D eigenvalue weighted by atomic mass is 10.1. The summed E-state index contributed by atoms with van der Waals surface area (Å²) in [6.45, 7) is 1.99. The summed E-state index contributed by atoms with van der Waals surface area (Å²) in [5.74, 6) is -0.924. The summed E-state index contributed by atoms with van der Waals surface area (Å²) >= 11 is 0. The predicted octanol–water partition coefficient (Wildman–Crippen LogP) is 4.01. The van der Waals surface area contributed by atoms with Crippen molar-refractivity contribution < 1.29 is 22.8 Å². The molecule has 4 rings (SSSR count). The average Bonchev–Trinajstić information content (AvgIpc) is 3.18. The number of nitrogens with one attached hydrogen (secondary N) is 2. The molecule has 2 aromatic carbocycles. The first-order valence-corrected chi connectivity index (χ1v) is 11.1. The molecule has 1 aromatic heterocycles. The second-order valence-electron chi connectivity index (χ2n) is 8.38. The summed E-state index contributed by atoms with van der Waals surface area (Å²) < 4.78 is 38.9. The number of aromatic nitrogens is 2. The van der Waals surface area contributed by atoms with Crippen LogP contribution in [0.4, 0.5) is 18.9 Å². The zero-order chi connectivity index (χ0) is 25.2. The molecular weight excluding hydrogens is 461 g/mol. The maximum atomic E-state index is 13.0. The topological polar surface area (TPSA) is 95.2 Å². The van der Waals surface area contributed by atoms with Gasteiger partial charge in [0, 0.05) is 42.5 Å². The molecular formula is C25H23F3N4O3. The highest BCUT2D eigenvalue weighted by Gasteiger charge is 2.35. The molecule has 3 aromatic rings. The van der Waals surface area contributed by atoms with E-state index in [9.17, 15) is 27.6 Å². The molecule has 0 radical (unpaired) electrons. The number of benzene rings is 2. The van der Waals surface area contributed by atoms with E-state index in [1.54, 1.807) is 24.3 Å². The lowest BCUT2D eigenvalue weighted by molar-refractivity contribution is -0.137. The van der Waals surface area contributed by atoms with Crippen LogP contribution < -0.4 is 10.9 Å². The Labute approximate surface area is 199 Å². The fourth-order valence-electron chi connectivity index (χ4n) is 3.98. The van der Waals surface area contributed by atoms with Crippen LogP contribution in [-0.2, 0) is 28.7 Å². The number of carbonyl (C=O) groups is 2. The number of hydrogen-bond acceptors (Lipinski definition) is 4. The lowest BCUT2D eigenvalue weighted by Gasteiger charge is -2.18. The molecule has 0 spiro atoms. The molecule has 1 atom stereocenters. The van der Waals surface area contributed by atoms with Crippen LogP contribution in [0.1, 0.15) is 30.2 Å². The van der Waals surface area contributed by atoms with E-state index in [4.69, 9.17) is 0 Å². The Hall–Kier alpha value is -3.95. The largest absolute Gasteiger partial charge is 0.416 e. The number of aryl methyl sites for hydroxylation is 1. The number of nitrogens with zero attached hydrogens (tertiary/aromatic N) is 2. The molecule has 1 aliphatic rings. The highest BCUT2D eigenvalue weighted by Crippen LogP contribution is 2.30. The maximum absolute atomic E-state index is 13.0. The predicted molar refractivity (Wildman–Crippen MR) is 123 cm³/mol. The van der Waals surface area contributed by atoms with Crippen molar-refractivity contribution in [3.63, 3.8) is 0 Å². The molecule has 182 valence electrons. The van der Waals surface area contributed by atoms with Crippen LogP contribution >= 0.6 is 0 Å². The molecule has 0 bridgehead atoms. The second kappa shape index (κ2) is 9.73. The van der Waals surface area contributed by atoms with E-state index in [1.165, 1.54) is 23.1 Å².